The number of carbonyl (C=O) groups excluding carboxylic acids is 3. The fraction of sp³-hybridized carbons (Fsp3) is 0.406. The Morgan fingerprint density at radius 1 is 0.707 bits per heavy atom. The second-order valence-corrected chi connectivity index (χ2v) is 10.00. The summed E-state index contributed by atoms with van der Waals surface area (Å²) in [6.45, 7) is 6.62. The largest absolute Gasteiger partial charge is 0.493 e. The van der Waals surface area contributed by atoms with E-state index in [1.54, 1.807) is 52.0 Å². The number of benzene rings is 2. The van der Waals surface area contributed by atoms with Crippen LogP contribution in [-0.2, 0) is 23.9 Å². The SMILES string of the molecule is COc1cc(C=C2CCCC(=Cc3ccc(OCC(=O)OC(C)C)c(OC)c3)C2=O)ccc1OCC(=O)OC(C)C. The second-order valence-electron chi connectivity index (χ2n) is 10.00. The number of ketones is 1. The fourth-order valence-corrected chi connectivity index (χ4v) is 4.23. The first kappa shape index (κ1) is 31.3. The zero-order valence-corrected chi connectivity index (χ0v) is 24.5. The van der Waals surface area contributed by atoms with Crippen molar-refractivity contribution in [3.05, 3.63) is 58.7 Å². The summed E-state index contributed by atoms with van der Waals surface area (Å²) in [7, 11) is 3.03. The first-order chi connectivity index (χ1) is 19.6. The van der Waals surface area contributed by atoms with E-state index in [1.807, 2.05) is 24.3 Å². The molecule has 1 saturated carbocycles. The maximum Gasteiger partial charge on any atom is 0.344 e. The number of allylic oxidation sites excluding steroid dienone is 2. The van der Waals surface area contributed by atoms with Gasteiger partial charge in [0.25, 0.3) is 0 Å². The van der Waals surface area contributed by atoms with Crippen LogP contribution in [0.3, 0.4) is 0 Å². The molecule has 41 heavy (non-hydrogen) atoms. The Bertz CT molecular complexity index is 1210. The summed E-state index contributed by atoms with van der Waals surface area (Å²) in [5.74, 6) is 0.749. The van der Waals surface area contributed by atoms with Crippen molar-refractivity contribution in [2.45, 2.75) is 59.2 Å². The molecular formula is C32H38O9. The molecule has 9 heteroatoms. The number of ether oxygens (including phenoxy) is 6. The summed E-state index contributed by atoms with van der Waals surface area (Å²) >= 11 is 0. The normalized spacial score (nSPS) is 15.3. The van der Waals surface area contributed by atoms with Crippen LogP contribution in [0.1, 0.15) is 58.1 Å². The zero-order valence-electron chi connectivity index (χ0n) is 24.5. The van der Waals surface area contributed by atoms with Gasteiger partial charge in [0.2, 0.25) is 0 Å². The molecule has 0 radical (unpaired) electrons. The van der Waals surface area contributed by atoms with Gasteiger partial charge in [-0.1, -0.05) is 12.1 Å². The number of hydrogen-bond donors (Lipinski definition) is 0. The van der Waals surface area contributed by atoms with E-state index in [0.29, 0.717) is 47.0 Å². The highest BCUT2D eigenvalue weighted by Crippen LogP contribution is 2.33. The molecule has 0 aliphatic heterocycles. The fourth-order valence-electron chi connectivity index (χ4n) is 4.23. The molecule has 0 N–H and O–H groups in total. The molecule has 2 aromatic carbocycles. The van der Waals surface area contributed by atoms with Gasteiger partial charge < -0.3 is 28.4 Å². The van der Waals surface area contributed by atoms with Crippen molar-refractivity contribution in [1.82, 2.24) is 0 Å². The average Bonchev–Trinajstić information content (AvgIpc) is 2.92. The van der Waals surface area contributed by atoms with E-state index in [4.69, 9.17) is 28.4 Å². The highest BCUT2D eigenvalue weighted by atomic mass is 16.6. The summed E-state index contributed by atoms with van der Waals surface area (Å²) in [6, 6.07) is 10.6. The number of carbonyl (C=O) groups is 3. The molecule has 0 saturated heterocycles. The molecule has 0 aromatic heterocycles. The molecule has 0 heterocycles. The van der Waals surface area contributed by atoms with Gasteiger partial charge in [-0.15, -0.1) is 0 Å². The molecule has 9 nitrogen and oxygen atoms in total. The number of rotatable bonds is 12. The van der Waals surface area contributed by atoms with Crippen molar-refractivity contribution in [3.8, 4) is 23.0 Å². The van der Waals surface area contributed by atoms with Crippen LogP contribution < -0.4 is 18.9 Å². The van der Waals surface area contributed by atoms with E-state index in [2.05, 4.69) is 0 Å². The van der Waals surface area contributed by atoms with Crippen LogP contribution in [0.4, 0.5) is 0 Å². The molecule has 0 spiro atoms. The standard InChI is InChI=1S/C32H38O9/c1-20(2)40-30(33)18-38-26-12-10-22(16-28(26)36-5)14-24-8-7-9-25(32(24)35)15-23-11-13-27(29(17-23)37-6)39-19-31(34)41-21(3)4/h10-17,20-21H,7-9,18-19H2,1-6H3. The van der Waals surface area contributed by atoms with Crippen LogP contribution in [-0.4, -0.2) is 57.4 Å². The highest BCUT2D eigenvalue weighted by molar-refractivity contribution is 6.14. The molecule has 2 aromatic rings. The summed E-state index contributed by atoms with van der Waals surface area (Å²) in [5.41, 5.74) is 2.94. The molecule has 0 unspecified atom stereocenters. The van der Waals surface area contributed by atoms with Crippen molar-refractivity contribution in [2.24, 2.45) is 0 Å². The Morgan fingerprint density at radius 2 is 1.12 bits per heavy atom. The Hall–Kier alpha value is -4.27. The number of Topliss-reactive ketones (excluding diaryl/α,β-unsaturated/α-hetero) is 1. The lowest BCUT2D eigenvalue weighted by Crippen LogP contribution is -2.18. The van der Waals surface area contributed by atoms with Crippen LogP contribution in [0.25, 0.3) is 12.2 Å². The van der Waals surface area contributed by atoms with Gasteiger partial charge in [0.15, 0.2) is 42.0 Å². The second kappa shape index (κ2) is 14.9. The molecule has 1 fully saturated rings. The maximum atomic E-state index is 13.4. The monoisotopic (exact) mass is 566 g/mol. The van der Waals surface area contributed by atoms with Gasteiger partial charge in [0.1, 0.15) is 0 Å². The quantitative estimate of drug-likeness (QED) is 0.240. The van der Waals surface area contributed by atoms with Gasteiger partial charge in [-0.2, -0.15) is 0 Å². The summed E-state index contributed by atoms with van der Waals surface area (Å²) < 4.78 is 32.2. The van der Waals surface area contributed by atoms with E-state index < -0.39 is 11.9 Å². The third-order valence-electron chi connectivity index (χ3n) is 5.96. The number of esters is 2. The van der Waals surface area contributed by atoms with E-state index in [9.17, 15) is 14.4 Å². The summed E-state index contributed by atoms with van der Waals surface area (Å²) in [5, 5.41) is 0. The third-order valence-corrected chi connectivity index (χ3v) is 5.96. The minimum absolute atomic E-state index is 0.0253. The van der Waals surface area contributed by atoms with E-state index in [-0.39, 0.29) is 31.2 Å². The van der Waals surface area contributed by atoms with Crippen LogP contribution in [0.15, 0.2) is 47.5 Å². The van der Waals surface area contributed by atoms with Gasteiger partial charge in [-0.05, 0) is 94.5 Å². The number of hydrogen-bond acceptors (Lipinski definition) is 9. The lowest BCUT2D eigenvalue weighted by Gasteiger charge is -2.17. The van der Waals surface area contributed by atoms with Crippen molar-refractivity contribution in [2.75, 3.05) is 27.4 Å². The van der Waals surface area contributed by atoms with Gasteiger partial charge in [-0.3, -0.25) is 4.79 Å². The molecule has 0 amide bonds. The van der Waals surface area contributed by atoms with Gasteiger partial charge in [0.05, 0.1) is 26.4 Å². The maximum absolute atomic E-state index is 13.4. The predicted molar refractivity (Wildman–Crippen MR) is 154 cm³/mol. The Kier molecular flexibility index (Phi) is 11.4. The summed E-state index contributed by atoms with van der Waals surface area (Å²) in [4.78, 5) is 37.0. The Morgan fingerprint density at radius 3 is 1.49 bits per heavy atom. The first-order valence-electron chi connectivity index (χ1n) is 13.6. The third kappa shape index (κ3) is 9.41. The first-order valence-corrected chi connectivity index (χ1v) is 13.6. The molecule has 220 valence electrons. The average molecular weight is 567 g/mol. The van der Waals surface area contributed by atoms with Crippen LogP contribution in [0.2, 0.25) is 0 Å². The van der Waals surface area contributed by atoms with Crippen molar-refractivity contribution < 1.29 is 42.8 Å². The molecule has 0 bridgehead atoms. The minimum atomic E-state index is -0.466. The summed E-state index contributed by atoms with van der Waals surface area (Å²) in [6.07, 6.45) is 5.38. The van der Waals surface area contributed by atoms with Crippen LogP contribution in [0, 0.1) is 0 Å². The predicted octanol–water partition coefficient (Wildman–Crippen LogP) is 5.58. The van der Waals surface area contributed by atoms with E-state index in [1.165, 1.54) is 14.2 Å². The van der Waals surface area contributed by atoms with Crippen molar-refractivity contribution in [1.29, 1.82) is 0 Å². The van der Waals surface area contributed by atoms with Gasteiger partial charge in [-0.25, -0.2) is 9.59 Å². The molecule has 1 aliphatic rings. The van der Waals surface area contributed by atoms with E-state index >= 15 is 0 Å². The lowest BCUT2D eigenvalue weighted by molar-refractivity contribution is -0.150. The highest BCUT2D eigenvalue weighted by Gasteiger charge is 2.21. The van der Waals surface area contributed by atoms with E-state index in [0.717, 1.165) is 17.5 Å². The van der Waals surface area contributed by atoms with Crippen molar-refractivity contribution in [3.63, 3.8) is 0 Å². The Balaban J connectivity index is 1.73. The molecule has 0 atom stereocenters. The lowest BCUT2D eigenvalue weighted by atomic mass is 9.87. The van der Waals surface area contributed by atoms with Crippen molar-refractivity contribution >= 4 is 29.9 Å². The Labute approximate surface area is 241 Å². The smallest absolute Gasteiger partial charge is 0.344 e. The molecule has 1 aliphatic carbocycles. The topological polar surface area (TPSA) is 107 Å². The molecule has 3 rings (SSSR count). The van der Waals surface area contributed by atoms with Gasteiger partial charge >= 0.3 is 11.9 Å². The number of methoxy groups -OCH3 is 2. The minimum Gasteiger partial charge on any atom is -0.493 e. The molecular weight excluding hydrogens is 528 g/mol. The van der Waals surface area contributed by atoms with Crippen LogP contribution >= 0.6 is 0 Å². The zero-order chi connectivity index (χ0) is 29.9. The van der Waals surface area contributed by atoms with Crippen LogP contribution in [0.5, 0.6) is 23.0 Å². The van der Waals surface area contributed by atoms with Gasteiger partial charge in [0, 0.05) is 11.1 Å².